The molecule has 0 unspecified atom stereocenters. The second-order valence-corrected chi connectivity index (χ2v) is 17.5. The maximum absolute atomic E-state index is 12.2. The molecule has 0 saturated carbocycles. The van der Waals surface area contributed by atoms with E-state index in [0.29, 0.717) is 36.4 Å². The molecule has 46 heavy (non-hydrogen) atoms. The maximum Gasteiger partial charge on any atom is 0.296 e. The highest BCUT2D eigenvalue weighted by atomic mass is 32.2. The Hall–Kier alpha value is -3.54. The minimum Gasteiger partial charge on any atom is -0.301 e. The van der Waals surface area contributed by atoms with Gasteiger partial charge in [0, 0.05) is 16.2 Å². The summed E-state index contributed by atoms with van der Waals surface area (Å²) in [4.78, 5) is -7.11. The lowest BCUT2D eigenvalue weighted by Crippen LogP contribution is -2.14. The summed E-state index contributed by atoms with van der Waals surface area (Å²) in [6.45, 7) is 0. The molecule has 0 aliphatic carbocycles. The Morgan fingerprint density at radius 3 is 1.24 bits per heavy atom. The summed E-state index contributed by atoms with van der Waals surface area (Å²) in [6.07, 6.45) is 0. The fourth-order valence-corrected chi connectivity index (χ4v) is 8.23. The fourth-order valence-electron chi connectivity index (χ4n) is 4.16. The summed E-state index contributed by atoms with van der Waals surface area (Å²) in [5.74, 6) is 0. The molecule has 0 amide bonds. The zero-order valence-corrected chi connectivity index (χ0v) is 26.5. The van der Waals surface area contributed by atoms with E-state index in [1.807, 2.05) is 0 Å². The summed E-state index contributed by atoms with van der Waals surface area (Å²) < 4.78 is 201. The number of hydrazine groups is 1. The highest BCUT2D eigenvalue weighted by Crippen LogP contribution is 2.36. The molecule has 20 nitrogen and oxygen atoms in total. The predicted molar refractivity (Wildman–Crippen MR) is 154 cm³/mol. The van der Waals surface area contributed by atoms with E-state index in [-0.39, 0.29) is 6.07 Å². The van der Waals surface area contributed by atoms with Crippen molar-refractivity contribution < 1.29 is 77.8 Å². The predicted octanol–water partition coefficient (Wildman–Crippen LogP) is 0.912. The number of rotatable bonds is 9. The number of benzene rings is 4. The molecule has 0 spiro atoms. The molecular weight excluding hydrogens is 749 g/mol. The third kappa shape index (κ3) is 7.21. The third-order valence-electron chi connectivity index (χ3n) is 6.00. The first kappa shape index (κ1) is 35.3. The van der Waals surface area contributed by atoms with Gasteiger partial charge in [-0.1, -0.05) is 0 Å². The van der Waals surface area contributed by atoms with Gasteiger partial charge < -0.3 is 5.43 Å². The number of hydrogen-bond acceptors (Lipinski definition) is 14. The normalized spacial score (nSPS) is 13.6. The molecule has 0 atom stereocenters. The second kappa shape index (κ2) is 11.0. The van der Waals surface area contributed by atoms with Crippen molar-refractivity contribution in [3.05, 3.63) is 48.5 Å². The first-order chi connectivity index (χ1) is 20.6. The number of hydrogen-bond donors (Lipinski definition) is 8. The number of nitrogens with one attached hydrogen (secondary N) is 2. The summed E-state index contributed by atoms with van der Waals surface area (Å²) in [6, 6.07) is 3.99. The molecular formula is C20H16N2O18S6. The molecule has 4 aromatic carbocycles. The quantitative estimate of drug-likeness (QED) is 0.0867. The van der Waals surface area contributed by atoms with Gasteiger partial charge in [0.05, 0.1) is 21.2 Å². The molecule has 0 radical (unpaired) electrons. The highest BCUT2D eigenvalue weighted by molar-refractivity contribution is 7.87. The van der Waals surface area contributed by atoms with Gasteiger partial charge in [-0.3, -0.25) is 32.7 Å². The van der Waals surface area contributed by atoms with Crippen LogP contribution in [0, 0.1) is 0 Å². The SMILES string of the molecule is O=S(=O)(O)c1cc(S(=O)(=O)O)c2cc(NNc3cc(S(=O)(=O)O)c4cc(S(=O)(=O)O)cc(S(=O)(=O)O)c4c3)c(S(=O)(=O)O)cc2c1. The van der Waals surface area contributed by atoms with Crippen LogP contribution < -0.4 is 10.9 Å². The van der Waals surface area contributed by atoms with Crippen molar-refractivity contribution in [3.8, 4) is 0 Å². The van der Waals surface area contributed by atoms with E-state index in [0.717, 1.165) is 6.07 Å². The molecule has 0 aromatic heterocycles. The monoisotopic (exact) mass is 764 g/mol. The zero-order valence-electron chi connectivity index (χ0n) is 21.7. The number of fused-ring (bicyclic) bond motifs is 2. The van der Waals surface area contributed by atoms with Gasteiger partial charge >= 0.3 is 0 Å². The van der Waals surface area contributed by atoms with Gasteiger partial charge in [-0.15, -0.1) is 0 Å². The van der Waals surface area contributed by atoms with Crippen molar-refractivity contribution >= 4 is 93.6 Å². The second-order valence-electron chi connectivity index (χ2n) is 9.08. The largest absolute Gasteiger partial charge is 0.301 e. The first-order valence-electron chi connectivity index (χ1n) is 11.2. The Kier molecular flexibility index (Phi) is 8.46. The van der Waals surface area contributed by atoms with Crippen LogP contribution >= 0.6 is 0 Å². The van der Waals surface area contributed by atoms with Crippen LogP contribution in [0.1, 0.15) is 0 Å². The molecule has 4 rings (SSSR count). The van der Waals surface area contributed by atoms with Crippen molar-refractivity contribution in [2.45, 2.75) is 29.4 Å². The van der Waals surface area contributed by atoms with Crippen molar-refractivity contribution in [1.82, 2.24) is 0 Å². The smallest absolute Gasteiger partial charge is 0.296 e. The molecule has 250 valence electrons. The lowest BCUT2D eigenvalue weighted by atomic mass is 10.1. The Morgan fingerprint density at radius 1 is 0.370 bits per heavy atom. The van der Waals surface area contributed by atoms with Gasteiger partial charge in [0.25, 0.3) is 60.7 Å². The van der Waals surface area contributed by atoms with E-state index in [4.69, 9.17) is 0 Å². The van der Waals surface area contributed by atoms with Crippen molar-refractivity contribution in [2.24, 2.45) is 0 Å². The third-order valence-corrected chi connectivity index (χ3v) is 11.2. The molecule has 8 N–H and O–H groups in total. The summed E-state index contributed by atoms with van der Waals surface area (Å²) in [5, 5.41) is -2.82. The van der Waals surface area contributed by atoms with E-state index in [2.05, 4.69) is 10.9 Å². The van der Waals surface area contributed by atoms with Crippen molar-refractivity contribution in [2.75, 3.05) is 10.9 Å². The maximum atomic E-state index is 12.2. The molecule has 0 heterocycles. The van der Waals surface area contributed by atoms with Crippen LogP contribution in [0.4, 0.5) is 11.4 Å². The van der Waals surface area contributed by atoms with Crippen LogP contribution in [0.15, 0.2) is 77.9 Å². The van der Waals surface area contributed by atoms with Crippen molar-refractivity contribution in [3.63, 3.8) is 0 Å². The van der Waals surface area contributed by atoms with E-state index >= 15 is 0 Å². The minimum absolute atomic E-state index is 0.245. The Morgan fingerprint density at radius 2 is 0.783 bits per heavy atom. The van der Waals surface area contributed by atoms with Gasteiger partial charge in [0.15, 0.2) is 0 Å². The summed E-state index contributed by atoms with van der Waals surface area (Å²) >= 11 is 0. The van der Waals surface area contributed by atoms with Crippen LogP contribution in [0.25, 0.3) is 21.5 Å². The lowest BCUT2D eigenvalue weighted by Gasteiger charge is -2.17. The molecule has 26 heteroatoms. The Balaban J connectivity index is 2.02. The van der Waals surface area contributed by atoms with Gasteiger partial charge in [0.1, 0.15) is 19.6 Å². The van der Waals surface area contributed by atoms with Crippen LogP contribution in [-0.2, 0) is 60.7 Å². The standard InChI is InChI=1S/C20H16N2O18S6/c23-41(24,25)11-1-9-2-20(46(38,39)40)16(8-13(9)18(6-11)44(32,33)34)22-21-10-3-14-15(17(4-10)43(29,30)31)5-12(42(26,27)28)7-19(14)45(35,36)37/h1-8,21-22H,(H,23,24,25)(H,26,27,28)(H,29,30,31)(H,32,33,34)(H,35,36,37)(H,38,39,40). The van der Waals surface area contributed by atoms with Crippen LogP contribution in [0.2, 0.25) is 0 Å². The lowest BCUT2D eigenvalue weighted by molar-refractivity contribution is 0.477. The van der Waals surface area contributed by atoms with Gasteiger partial charge in [-0.25, -0.2) is 0 Å². The van der Waals surface area contributed by atoms with Gasteiger partial charge in [-0.2, -0.15) is 50.5 Å². The first-order valence-corrected chi connectivity index (χ1v) is 19.8. The van der Waals surface area contributed by atoms with Gasteiger partial charge in [0.2, 0.25) is 0 Å². The molecule has 4 aromatic rings. The Bertz CT molecular complexity index is 2670. The van der Waals surface area contributed by atoms with Crippen molar-refractivity contribution in [1.29, 1.82) is 0 Å². The van der Waals surface area contributed by atoms with E-state index in [9.17, 15) is 77.8 Å². The average Bonchev–Trinajstić information content (AvgIpc) is 2.86. The molecule has 0 aliphatic heterocycles. The molecule has 0 saturated heterocycles. The summed E-state index contributed by atoms with van der Waals surface area (Å²) in [5.41, 5.74) is 2.92. The summed E-state index contributed by atoms with van der Waals surface area (Å²) in [7, 11) is -31.7. The molecule has 0 aliphatic rings. The average molecular weight is 765 g/mol. The molecule has 0 bridgehead atoms. The van der Waals surface area contributed by atoms with E-state index in [1.165, 1.54) is 0 Å². The van der Waals surface area contributed by atoms with Gasteiger partial charge in [-0.05, 0) is 53.9 Å². The van der Waals surface area contributed by atoms with Crippen LogP contribution in [0.5, 0.6) is 0 Å². The minimum atomic E-state index is -5.40. The van der Waals surface area contributed by atoms with Crippen LogP contribution in [0.3, 0.4) is 0 Å². The fraction of sp³-hybridized carbons (Fsp3) is 0. The van der Waals surface area contributed by atoms with E-state index < -0.39 is 123 Å². The zero-order chi connectivity index (χ0) is 35.0. The Labute approximate surface area is 259 Å². The number of anilines is 2. The van der Waals surface area contributed by atoms with E-state index in [1.54, 1.807) is 0 Å². The molecule has 0 fully saturated rings. The highest BCUT2D eigenvalue weighted by Gasteiger charge is 2.27. The topological polar surface area (TPSA) is 350 Å². The van der Waals surface area contributed by atoms with Crippen LogP contribution in [-0.4, -0.2) is 77.8 Å².